The number of ether oxygens (including phenoxy) is 1. The van der Waals surface area contributed by atoms with Crippen molar-refractivity contribution in [2.45, 2.75) is 6.54 Å². The zero-order valence-electron chi connectivity index (χ0n) is 12.0. The molecular formula is C16H17BrN2O2. The van der Waals surface area contributed by atoms with Crippen LogP contribution < -0.4 is 10.1 Å². The lowest BCUT2D eigenvalue weighted by molar-refractivity contribution is 0.220. The third-order valence-corrected chi connectivity index (χ3v) is 3.83. The Morgan fingerprint density at radius 1 is 1.19 bits per heavy atom. The molecule has 0 heterocycles. The van der Waals surface area contributed by atoms with E-state index >= 15 is 0 Å². The summed E-state index contributed by atoms with van der Waals surface area (Å²) < 4.78 is 6.08. The fraction of sp³-hybridized carbons (Fsp3) is 0.188. The van der Waals surface area contributed by atoms with Crippen LogP contribution >= 0.6 is 15.9 Å². The van der Waals surface area contributed by atoms with Crippen LogP contribution in [0, 0.1) is 0 Å². The Balaban J connectivity index is 1.97. The Hall–Kier alpha value is -2.01. The highest BCUT2D eigenvalue weighted by molar-refractivity contribution is 9.10. The number of carbonyl (C=O) groups excluding carboxylic acids is 1. The fourth-order valence-corrected chi connectivity index (χ4v) is 2.26. The van der Waals surface area contributed by atoms with Crippen LogP contribution in [0.25, 0.3) is 0 Å². The maximum absolute atomic E-state index is 12.2. The van der Waals surface area contributed by atoms with Gasteiger partial charge in [0.2, 0.25) is 0 Å². The number of carbonyl (C=O) groups is 1. The molecule has 2 aromatic rings. The van der Waals surface area contributed by atoms with Crippen molar-refractivity contribution < 1.29 is 9.53 Å². The van der Waals surface area contributed by atoms with Crippen LogP contribution in [0.4, 0.5) is 10.5 Å². The van der Waals surface area contributed by atoms with Gasteiger partial charge in [-0.3, -0.25) is 0 Å². The molecule has 2 aromatic carbocycles. The first-order chi connectivity index (χ1) is 10.1. The first kappa shape index (κ1) is 15.4. The Morgan fingerprint density at radius 2 is 1.86 bits per heavy atom. The Kier molecular flexibility index (Phi) is 5.22. The fourth-order valence-electron chi connectivity index (χ4n) is 1.85. The van der Waals surface area contributed by atoms with Gasteiger partial charge in [-0.25, -0.2) is 4.79 Å². The van der Waals surface area contributed by atoms with E-state index in [2.05, 4.69) is 21.2 Å². The normalized spacial score (nSPS) is 10.0. The summed E-state index contributed by atoms with van der Waals surface area (Å²) in [5.74, 6) is 0.759. The van der Waals surface area contributed by atoms with Crippen molar-refractivity contribution in [1.29, 1.82) is 0 Å². The zero-order chi connectivity index (χ0) is 15.2. The predicted octanol–water partition coefficient (Wildman–Crippen LogP) is 4.12. The summed E-state index contributed by atoms with van der Waals surface area (Å²) in [6, 6.07) is 14.9. The zero-order valence-corrected chi connectivity index (χ0v) is 13.6. The van der Waals surface area contributed by atoms with Gasteiger partial charge >= 0.3 is 6.03 Å². The second-order valence-corrected chi connectivity index (χ2v) is 5.46. The summed E-state index contributed by atoms with van der Waals surface area (Å²) in [5.41, 5.74) is 1.80. The van der Waals surface area contributed by atoms with Crippen molar-refractivity contribution in [1.82, 2.24) is 4.90 Å². The molecule has 4 nitrogen and oxygen atoms in total. The Bertz CT molecular complexity index is 614. The van der Waals surface area contributed by atoms with Crippen molar-refractivity contribution in [2.24, 2.45) is 0 Å². The second kappa shape index (κ2) is 7.13. The highest BCUT2D eigenvalue weighted by atomic mass is 79.9. The van der Waals surface area contributed by atoms with Gasteiger partial charge in [0.15, 0.2) is 0 Å². The van der Waals surface area contributed by atoms with Crippen LogP contribution in [0.3, 0.4) is 0 Å². The molecule has 2 rings (SSSR count). The SMILES string of the molecule is COc1ccc(NC(=O)N(C)Cc2ccccc2Br)cc1. The number of halogens is 1. The van der Waals surface area contributed by atoms with Gasteiger partial charge in [-0.15, -0.1) is 0 Å². The molecule has 0 fully saturated rings. The molecular weight excluding hydrogens is 332 g/mol. The van der Waals surface area contributed by atoms with Crippen LogP contribution in [0.5, 0.6) is 5.75 Å². The molecule has 21 heavy (non-hydrogen) atoms. The number of hydrogen-bond acceptors (Lipinski definition) is 2. The number of methoxy groups -OCH3 is 1. The van der Waals surface area contributed by atoms with Gasteiger partial charge in [0.05, 0.1) is 7.11 Å². The number of nitrogens with one attached hydrogen (secondary N) is 1. The van der Waals surface area contributed by atoms with Crippen molar-refractivity contribution in [3.8, 4) is 5.75 Å². The molecule has 5 heteroatoms. The number of anilines is 1. The van der Waals surface area contributed by atoms with E-state index in [1.165, 1.54) is 0 Å². The van der Waals surface area contributed by atoms with Gasteiger partial charge in [0.1, 0.15) is 5.75 Å². The number of hydrogen-bond donors (Lipinski definition) is 1. The van der Waals surface area contributed by atoms with Gasteiger partial charge in [-0.1, -0.05) is 34.1 Å². The molecule has 0 unspecified atom stereocenters. The van der Waals surface area contributed by atoms with Crippen LogP contribution in [-0.4, -0.2) is 25.1 Å². The lowest BCUT2D eigenvalue weighted by Gasteiger charge is -2.19. The molecule has 2 amide bonds. The minimum absolute atomic E-state index is 0.157. The molecule has 0 aliphatic rings. The lowest BCUT2D eigenvalue weighted by Crippen LogP contribution is -2.30. The molecule has 0 atom stereocenters. The molecule has 1 N–H and O–H groups in total. The highest BCUT2D eigenvalue weighted by Crippen LogP contribution is 2.18. The van der Waals surface area contributed by atoms with Crippen molar-refractivity contribution >= 4 is 27.6 Å². The molecule has 0 saturated heterocycles. The topological polar surface area (TPSA) is 41.6 Å². The minimum atomic E-state index is -0.157. The van der Waals surface area contributed by atoms with Crippen molar-refractivity contribution in [3.05, 3.63) is 58.6 Å². The van der Waals surface area contributed by atoms with E-state index in [1.807, 2.05) is 48.5 Å². The van der Waals surface area contributed by atoms with Gasteiger partial charge in [0, 0.05) is 23.8 Å². The largest absolute Gasteiger partial charge is 0.497 e. The van der Waals surface area contributed by atoms with Gasteiger partial charge in [0.25, 0.3) is 0 Å². The Morgan fingerprint density at radius 3 is 2.48 bits per heavy atom. The molecule has 0 aliphatic heterocycles. The molecule has 0 aromatic heterocycles. The average Bonchev–Trinajstić information content (AvgIpc) is 2.50. The molecule has 0 bridgehead atoms. The van der Waals surface area contributed by atoms with E-state index in [0.717, 1.165) is 21.5 Å². The number of amides is 2. The van der Waals surface area contributed by atoms with E-state index in [9.17, 15) is 4.79 Å². The average molecular weight is 349 g/mol. The van der Waals surface area contributed by atoms with Crippen LogP contribution in [0.1, 0.15) is 5.56 Å². The molecule has 0 aliphatic carbocycles. The van der Waals surface area contributed by atoms with E-state index in [4.69, 9.17) is 4.74 Å². The summed E-state index contributed by atoms with van der Waals surface area (Å²) in [6.07, 6.45) is 0. The highest BCUT2D eigenvalue weighted by Gasteiger charge is 2.10. The van der Waals surface area contributed by atoms with Gasteiger partial charge in [-0.05, 0) is 35.9 Å². The number of benzene rings is 2. The van der Waals surface area contributed by atoms with Crippen LogP contribution in [0.15, 0.2) is 53.0 Å². The summed E-state index contributed by atoms with van der Waals surface area (Å²) in [5, 5.41) is 2.85. The predicted molar refractivity (Wildman–Crippen MR) is 87.6 cm³/mol. The van der Waals surface area contributed by atoms with Gasteiger partial charge < -0.3 is 15.0 Å². The standard InChI is InChI=1S/C16H17BrN2O2/c1-19(11-12-5-3-4-6-15(12)17)16(20)18-13-7-9-14(21-2)10-8-13/h3-10H,11H2,1-2H3,(H,18,20). The van der Waals surface area contributed by atoms with Crippen LogP contribution in [-0.2, 0) is 6.54 Å². The molecule has 0 radical (unpaired) electrons. The summed E-state index contributed by atoms with van der Waals surface area (Å²) in [4.78, 5) is 13.8. The van der Waals surface area contributed by atoms with Crippen LogP contribution in [0.2, 0.25) is 0 Å². The number of rotatable bonds is 4. The third kappa shape index (κ3) is 4.23. The molecule has 0 spiro atoms. The minimum Gasteiger partial charge on any atom is -0.497 e. The summed E-state index contributed by atoms with van der Waals surface area (Å²) in [7, 11) is 3.37. The summed E-state index contributed by atoms with van der Waals surface area (Å²) in [6.45, 7) is 0.531. The first-order valence-electron chi connectivity index (χ1n) is 6.49. The smallest absolute Gasteiger partial charge is 0.321 e. The third-order valence-electron chi connectivity index (χ3n) is 3.05. The molecule has 110 valence electrons. The first-order valence-corrected chi connectivity index (χ1v) is 7.29. The van der Waals surface area contributed by atoms with Crippen molar-refractivity contribution in [2.75, 3.05) is 19.5 Å². The van der Waals surface area contributed by atoms with E-state index in [-0.39, 0.29) is 6.03 Å². The summed E-state index contributed by atoms with van der Waals surface area (Å²) >= 11 is 3.48. The van der Waals surface area contributed by atoms with E-state index in [0.29, 0.717) is 6.54 Å². The number of nitrogens with zero attached hydrogens (tertiary/aromatic N) is 1. The van der Waals surface area contributed by atoms with Crippen molar-refractivity contribution in [3.63, 3.8) is 0 Å². The van der Waals surface area contributed by atoms with Gasteiger partial charge in [-0.2, -0.15) is 0 Å². The monoisotopic (exact) mass is 348 g/mol. The lowest BCUT2D eigenvalue weighted by atomic mass is 10.2. The van der Waals surface area contributed by atoms with E-state index in [1.54, 1.807) is 19.1 Å². The maximum Gasteiger partial charge on any atom is 0.321 e. The maximum atomic E-state index is 12.2. The Labute approximate surface area is 132 Å². The van der Waals surface area contributed by atoms with E-state index < -0.39 is 0 Å². The number of urea groups is 1. The molecule has 0 saturated carbocycles. The second-order valence-electron chi connectivity index (χ2n) is 4.61. The quantitative estimate of drug-likeness (QED) is 0.902.